The number of hydrogen-bond donors (Lipinski definition) is 0. The monoisotopic (exact) mass is 672 g/mol. The highest BCUT2D eigenvalue weighted by molar-refractivity contribution is 5.94. The molecule has 0 N–H and O–H groups in total. The molecule has 0 atom stereocenters. The van der Waals surface area contributed by atoms with Gasteiger partial charge in [0.2, 0.25) is 0 Å². The topological polar surface area (TPSA) is 105 Å². The predicted molar refractivity (Wildman–Crippen MR) is 176 cm³/mol. The first-order valence-electron chi connectivity index (χ1n) is 14.3. The Balaban J connectivity index is 2.39. The molecule has 0 radical (unpaired) electrons. The molecule has 3 rings (SSSR count). The third kappa shape index (κ3) is 9.23. The zero-order chi connectivity index (χ0) is 36.8. The second kappa shape index (κ2) is 15.2. The number of halogens is 3. The molecule has 0 saturated heterocycles. The lowest BCUT2D eigenvalue weighted by Gasteiger charge is -2.24. The van der Waals surface area contributed by atoms with Crippen molar-refractivity contribution in [1.29, 1.82) is 0 Å². The Morgan fingerprint density at radius 3 is 1.39 bits per heavy atom. The Bertz CT molecular complexity index is 1970. The zero-order valence-corrected chi connectivity index (χ0v) is 27.3. The lowest BCUT2D eigenvalue weighted by atomic mass is 9.91. The predicted octanol–water partition coefficient (Wildman–Crippen LogP) is 8.01. The summed E-state index contributed by atoms with van der Waals surface area (Å²) in [5.41, 5.74) is -2.40. The van der Waals surface area contributed by atoms with Crippen molar-refractivity contribution in [3.05, 3.63) is 119 Å². The number of hydrogen-bond acceptors (Lipinski definition) is 8. The van der Waals surface area contributed by atoms with Crippen LogP contribution in [0, 0.1) is 18.8 Å². The second-order valence-electron chi connectivity index (χ2n) is 10.9. The Kier molecular flexibility index (Phi) is 11.6. The number of rotatable bonds is 9. The van der Waals surface area contributed by atoms with E-state index in [0.717, 1.165) is 0 Å². The maximum absolute atomic E-state index is 15.2. The maximum atomic E-state index is 15.2. The number of ether oxygens (including phenoxy) is 4. The molecule has 0 aliphatic heterocycles. The maximum Gasteiger partial charge on any atom is 0.421 e. The van der Waals surface area contributed by atoms with Crippen molar-refractivity contribution in [3.8, 4) is 46.0 Å². The fourth-order valence-corrected chi connectivity index (χ4v) is 3.97. The first kappa shape index (κ1) is 37.3. The average Bonchev–Trinajstić information content (AvgIpc) is 3.01. The van der Waals surface area contributed by atoms with Crippen molar-refractivity contribution in [3.63, 3.8) is 0 Å². The molecule has 0 saturated carbocycles. The van der Waals surface area contributed by atoms with Crippen LogP contribution in [0.2, 0.25) is 0 Å². The lowest BCUT2D eigenvalue weighted by molar-refractivity contribution is -0.142. The highest BCUT2D eigenvalue weighted by Gasteiger charge is 2.42. The van der Waals surface area contributed by atoms with Crippen LogP contribution in [0.4, 0.5) is 13.2 Å². The SMILES string of the molecule is C=C(C)C(=O)Oc1ccc(C#Cc2c(OC(=O)C(=C)C)c(C)c(-c3ccc(OC(=O)C(=C)C)cc3)c(OC(=O)C(=C)C)c2C(F)(F)F)cc1. The molecule has 0 bridgehead atoms. The Morgan fingerprint density at radius 1 is 0.592 bits per heavy atom. The van der Waals surface area contributed by atoms with Crippen molar-refractivity contribution in [1.82, 2.24) is 0 Å². The molecule has 0 amide bonds. The zero-order valence-electron chi connectivity index (χ0n) is 27.3. The summed E-state index contributed by atoms with van der Waals surface area (Å²) in [6.07, 6.45) is -5.22. The van der Waals surface area contributed by atoms with E-state index in [1.54, 1.807) is 0 Å². The molecule has 0 aromatic heterocycles. The quantitative estimate of drug-likeness (QED) is 0.0975. The lowest BCUT2D eigenvalue weighted by Crippen LogP contribution is -2.19. The number of carbonyl (C=O) groups is 4. The van der Waals surface area contributed by atoms with Gasteiger partial charge in [-0.1, -0.05) is 50.3 Å². The van der Waals surface area contributed by atoms with Crippen LogP contribution in [0.1, 0.15) is 49.9 Å². The van der Waals surface area contributed by atoms with E-state index in [4.69, 9.17) is 18.9 Å². The summed E-state index contributed by atoms with van der Waals surface area (Å²) in [6.45, 7) is 20.8. The molecule has 0 heterocycles. The highest BCUT2D eigenvalue weighted by atomic mass is 19.4. The normalized spacial score (nSPS) is 10.5. The van der Waals surface area contributed by atoms with Crippen molar-refractivity contribution in [2.75, 3.05) is 0 Å². The van der Waals surface area contributed by atoms with Gasteiger partial charge in [0.1, 0.15) is 17.1 Å². The molecular weight excluding hydrogens is 641 g/mol. The summed E-state index contributed by atoms with van der Waals surface area (Å²) in [7, 11) is 0. The Labute approximate surface area is 281 Å². The van der Waals surface area contributed by atoms with Crippen LogP contribution in [0.5, 0.6) is 23.0 Å². The summed E-state index contributed by atoms with van der Waals surface area (Å²) < 4.78 is 66.6. The second-order valence-corrected chi connectivity index (χ2v) is 10.9. The number of alkyl halides is 3. The van der Waals surface area contributed by atoms with Crippen LogP contribution in [0.15, 0.2) is 97.1 Å². The summed E-state index contributed by atoms with van der Waals surface area (Å²) >= 11 is 0. The van der Waals surface area contributed by atoms with E-state index < -0.39 is 52.7 Å². The molecular formula is C38H31F3O8. The molecule has 3 aromatic carbocycles. The van der Waals surface area contributed by atoms with Gasteiger partial charge in [-0.2, -0.15) is 13.2 Å². The molecule has 11 heteroatoms. The summed E-state index contributed by atoms with van der Waals surface area (Å²) in [5.74, 6) is 0.168. The molecule has 0 aliphatic rings. The Morgan fingerprint density at radius 2 is 0.980 bits per heavy atom. The van der Waals surface area contributed by atoms with Crippen LogP contribution in [-0.4, -0.2) is 23.9 Å². The van der Waals surface area contributed by atoms with E-state index in [1.807, 2.05) is 0 Å². The minimum absolute atomic E-state index is 0.0508. The van der Waals surface area contributed by atoms with Gasteiger partial charge in [-0.25, -0.2) is 19.2 Å². The number of carbonyl (C=O) groups excluding carboxylic acids is 4. The highest BCUT2D eigenvalue weighted by Crippen LogP contribution is 2.50. The van der Waals surface area contributed by atoms with Crippen molar-refractivity contribution < 1.29 is 51.3 Å². The fraction of sp³-hybridized carbons (Fsp3) is 0.158. The van der Waals surface area contributed by atoms with Crippen molar-refractivity contribution in [2.24, 2.45) is 0 Å². The van der Waals surface area contributed by atoms with E-state index in [1.165, 1.54) is 83.1 Å². The summed E-state index contributed by atoms with van der Waals surface area (Å²) in [5, 5.41) is 0. The molecule has 0 spiro atoms. The van der Waals surface area contributed by atoms with E-state index in [2.05, 4.69) is 38.2 Å². The Hall–Kier alpha value is -6.15. The molecule has 49 heavy (non-hydrogen) atoms. The third-order valence-corrected chi connectivity index (χ3v) is 6.46. The summed E-state index contributed by atoms with van der Waals surface area (Å²) in [4.78, 5) is 49.4. The van der Waals surface area contributed by atoms with Crippen LogP contribution >= 0.6 is 0 Å². The molecule has 252 valence electrons. The van der Waals surface area contributed by atoms with Gasteiger partial charge in [0.25, 0.3) is 0 Å². The standard InChI is InChI=1S/C38H31F3O8/c1-20(2)34(42)46-27-15-10-25(11-16-27)12-19-29-31(38(39,40)41)33(49-37(45)23(7)8)30(24(9)32(29)48-36(44)22(5)6)26-13-17-28(18-14-26)47-35(43)21(3)4/h10-11,13-18H,1,3,5,7H2,2,4,6,8-9H3. The smallest absolute Gasteiger partial charge is 0.421 e. The van der Waals surface area contributed by atoms with E-state index >= 15 is 13.2 Å². The van der Waals surface area contributed by atoms with Gasteiger partial charge in [0.05, 0.1) is 5.56 Å². The van der Waals surface area contributed by atoms with E-state index in [-0.39, 0.29) is 56.0 Å². The van der Waals surface area contributed by atoms with Gasteiger partial charge in [0.15, 0.2) is 11.5 Å². The van der Waals surface area contributed by atoms with Gasteiger partial charge < -0.3 is 18.9 Å². The minimum atomic E-state index is -5.22. The van der Waals surface area contributed by atoms with Crippen LogP contribution < -0.4 is 18.9 Å². The van der Waals surface area contributed by atoms with Crippen LogP contribution in [0.25, 0.3) is 11.1 Å². The van der Waals surface area contributed by atoms with Crippen LogP contribution in [0.3, 0.4) is 0 Å². The number of esters is 4. The average molecular weight is 673 g/mol. The molecule has 0 aliphatic carbocycles. The first-order valence-corrected chi connectivity index (χ1v) is 14.3. The molecule has 0 unspecified atom stereocenters. The fourth-order valence-electron chi connectivity index (χ4n) is 3.97. The van der Waals surface area contributed by atoms with Gasteiger partial charge in [-0.15, -0.1) is 0 Å². The van der Waals surface area contributed by atoms with Crippen LogP contribution in [-0.2, 0) is 25.4 Å². The largest absolute Gasteiger partial charge is 0.423 e. The van der Waals surface area contributed by atoms with E-state index in [9.17, 15) is 19.2 Å². The van der Waals surface area contributed by atoms with E-state index in [0.29, 0.717) is 0 Å². The van der Waals surface area contributed by atoms with Gasteiger partial charge in [0, 0.05) is 39.0 Å². The molecule has 8 nitrogen and oxygen atoms in total. The van der Waals surface area contributed by atoms with Gasteiger partial charge in [-0.05, 0) is 76.6 Å². The summed E-state index contributed by atoms with van der Waals surface area (Å²) in [6, 6.07) is 10.8. The van der Waals surface area contributed by atoms with Crippen molar-refractivity contribution in [2.45, 2.75) is 40.8 Å². The number of benzene rings is 3. The van der Waals surface area contributed by atoms with Crippen molar-refractivity contribution >= 4 is 23.9 Å². The van der Waals surface area contributed by atoms with Gasteiger partial charge in [-0.3, -0.25) is 0 Å². The third-order valence-electron chi connectivity index (χ3n) is 6.46. The van der Waals surface area contributed by atoms with Gasteiger partial charge >= 0.3 is 30.1 Å². The molecule has 0 fully saturated rings. The first-order chi connectivity index (χ1) is 22.8. The molecule has 3 aromatic rings. The minimum Gasteiger partial charge on any atom is -0.423 e.